The second-order valence-electron chi connectivity index (χ2n) is 5.79. The molecule has 7 nitrogen and oxygen atoms in total. The molecule has 1 saturated heterocycles. The summed E-state index contributed by atoms with van der Waals surface area (Å²) >= 11 is 0. The number of nitrogens with zero attached hydrogens (tertiary/aromatic N) is 4. The molecule has 0 atom stereocenters. The van der Waals surface area contributed by atoms with Crippen molar-refractivity contribution in [2.75, 3.05) is 18.0 Å². The van der Waals surface area contributed by atoms with Gasteiger partial charge in [0.25, 0.3) is 11.9 Å². The highest BCUT2D eigenvalue weighted by molar-refractivity contribution is 5.92. The Balaban J connectivity index is 1.37. The number of piperidine rings is 1. The molecule has 0 saturated carbocycles. The van der Waals surface area contributed by atoms with Crippen molar-refractivity contribution in [3.63, 3.8) is 0 Å². The zero-order valence-corrected chi connectivity index (χ0v) is 13.1. The number of carbonyl (C=O) groups is 1. The number of aromatic nitrogens is 3. The van der Waals surface area contributed by atoms with Gasteiger partial charge < -0.3 is 14.6 Å². The number of hydrogen-bond donors (Lipinski definition) is 1. The summed E-state index contributed by atoms with van der Waals surface area (Å²) in [5.74, 6) is -0.177. The van der Waals surface area contributed by atoms with Crippen molar-refractivity contribution in [3.8, 4) is 0 Å². The van der Waals surface area contributed by atoms with E-state index in [-0.39, 0.29) is 11.9 Å². The van der Waals surface area contributed by atoms with Gasteiger partial charge in [0.1, 0.15) is 11.2 Å². The van der Waals surface area contributed by atoms with E-state index in [1.54, 1.807) is 6.20 Å². The summed E-state index contributed by atoms with van der Waals surface area (Å²) in [5.41, 5.74) is 2.01. The van der Waals surface area contributed by atoms with Gasteiger partial charge in [-0.05, 0) is 25.0 Å². The van der Waals surface area contributed by atoms with Gasteiger partial charge in [-0.2, -0.15) is 4.98 Å². The Kier molecular flexibility index (Phi) is 3.82. The minimum Gasteiger partial charge on any atom is -0.423 e. The monoisotopic (exact) mass is 323 g/mol. The third kappa shape index (κ3) is 2.92. The first-order chi connectivity index (χ1) is 11.8. The lowest BCUT2D eigenvalue weighted by atomic mass is 10.1. The van der Waals surface area contributed by atoms with Crippen LogP contribution in [0.4, 0.5) is 6.01 Å². The van der Waals surface area contributed by atoms with E-state index in [2.05, 4.69) is 25.2 Å². The fourth-order valence-electron chi connectivity index (χ4n) is 2.89. The standard InChI is InChI=1S/C17H17N5O2/c23-16(14-11-18-7-8-19-14)20-12-5-9-22(10-6-12)17-21-13-3-1-2-4-15(13)24-17/h1-4,7-8,11-12H,5-6,9-10H2,(H,20,23). The van der Waals surface area contributed by atoms with Gasteiger partial charge in [-0.3, -0.25) is 9.78 Å². The van der Waals surface area contributed by atoms with E-state index in [1.807, 2.05) is 24.3 Å². The average Bonchev–Trinajstić information content (AvgIpc) is 3.07. The fraction of sp³-hybridized carbons (Fsp3) is 0.294. The number of oxazole rings is 1. The summed E-state index contributed by atoms with van der Waals surface area (Å²) in [6.07, 6.45) is 6.22. The maximum absolute atomic E-state index is 12.1. The van der Waals surface area contributed by atoms with Crippen molar-refractivity contribution in [2.45, 2.75) is 18.9 Å². The lowest BCUT2D eigenvalue weighted by Crippen LogP contribution is -2.45. The van der Waals surface area contributed by atoms with E-state index in [0.29, 0.717) is 11.7 Å². The van der Waals surface area contributed by atoms with Crippen LogP contribution in [0.5, 0.6) is 0 Å². The summed E-state index contributed by atoms with van der Waals surface area (Å²) in [4.78, 5) is 26.7. The summed E-state index contributed by atoms with van der Waals surface area (Å²) in [7, 11) is 0. The molecule has 7 heteroatoms. The Hall–Kier alpha value is -2.96. The van der Waals surface area contributed by atoms with Crippen molar-refractivity contribution in [3.05, 3.63) is 48.5 Å². The molecule has 1 N–H and O–H groups in total. The average molecular weight is 323 g/mol. The predicted molar refractivity (Wildman–Crippen MR) is 88.7 cm³/mol. The van der Waals surface area contributed by atoms with Gasteiger partial charge in [0.2, 0.25) is 0 Å². The van der Waals surface area contributed by atoms with Crippen LogP contribution in [0, 0.1) is 0 Å². The zero-order chi connectivity index (χ0) is 16.4. The Bertz CT molecular complexity index is 807. The molecule has 122 valence electrons. The third-order valence-corrected chi connectivity index (χ3v) is 4.18. The van der Waals surface area contributed by atoms with Crippen LogP contribution < -0.4 is 10.2 Å². The van der Waals surface area contributed by atoms with Crippen LogP contribution in [0.25, 0.3) is 11.1 Å². The topological polar surface area (TPSA) is 84.2 Å². The lowest BCUT2D eigenvalue weighted by Gasteiger charge is -2.31. The zero-order valence-electron chi connectivity index (χ0n) is 13.1. The molecule has 0 bridgehead atoms. The molecule has 0 radical (unpaired) electrons. The van der Waals surface area contributed by atoms with Crippen LogP contribution in [-0.2, 0) is 0 Å². The Morgan fingerprint density at radius 2 is 2.04 bits per heavy atom. The van der Waals surface area contributed by atoms with Crippen LogP contribution in [-0.4, -0.2) is 40.0 Å². The molecule has 3 heterocycles. The van der Waals surface area contributed by atoms with Gasteiger partial charge in [0.05, 0.1) is 6.20 Å². The number of amides is 1. The number of fused-ring (bicyclic) bond motifs is 1. The number of carbonyl (C=O) groups excluding carboxylic acids is 1. The van der Waals surface area contributed by atoms with Crippen LogP contribution in [0.15, 0.2) is 47.3 Å². The van der Waals surface area contributed by atoms with E-state index in [9.17, 15) is 4.79 Å². The maximum atomic E-state index is 12.1. The molecule has 0 spiro atoms. The summed E-state index contributed by atoms with van der Waals surface area (Å²) in [6.45, 7) is 1.58. The molecule has 0 aliphatic carbocycles. The van der Waals surface area contributed by atoms with Crippen molar-refractivity contribution >= 4 is 23.0 Å². The normalized spacial score (nSPS) is 15.6. The molecular formula is C17H17N5O2. The Morgan fingerprint density at radius 1 is 1.21 bits per heavy atom. The summed E-state index contributed by atoms with van der Waals surface area (Å²) in [5, 5.41) is 3.01. The molecule has 1 amide bonds. The first-order valence-corrected chi connectivity index (χ1v) is 7.97. The van der Waals surface area contributed by atoms with Crippen molar-refractivity contribution in [1.29, 1.82) is 0 Å². The molecule has 1 aliphatic rings. The molecule has 0 unspecified atom stereocenters. The van der Waals surface area contributed by atoms with Gasteiger partial charge in [-0.1, -0.05) is 12.1 Å². The second-order valence-corrected chi connectivity index (χ2v) is 5.79. The Morgan fingerprint density at radius 3 is 2.79 bits per heavy atom. The minimum atomic E-state index is -0.177. The van der Waals surface area contributed by atoms with E-state index in [1.165, 1.54) is 12.4 Å². The molecule has 3 aromatic rings. The number of hydrogen-bond acceptors (Lipinski definition) is 6. The molecule has 1 fully saturated rings. The van der Waals surface area contributed by atoms with Gasteiger partial charge in [0.15, 0.2) is 5.58 Å². The quantitative estimate of drug-likeness (QED) is 0.794. The SMILES string of the molecule is O=C(NC1CCN(c2nc3ccccc3o2)CC1)c1cnccn1. The minimum absolute atomic E-state index is 0.125. The van der Waals surface area contributed by atoms with E-state index < -0.39 is 0 Å². The molecule has 24 heavy (non-hydrogen) atoms. The fourth-order valence-corrected chi connectivity index (χ4v) is 2.89. The summed E-state index contributed by atoms with van der Waals surface area (Å²) < 4.78 is 5.80. The van der Waals surface area contributed by atoms with Crippen molar-refractivity contribution in [2.24, 2.45) is 0 Å². The highest BCUT2D eigenvalue weighted by Gasteiger charge is 2.24. The largest absolute Gasteiger partial charge is 0.423 e. The molecule has 1 aromatic carbocycles. The smallest absolute Gasteiger partial charge is 0.298 e. The first kappa shape index (κ1) is 14.6. The molecule has 1 aliphatic heterocycles. The number of anilines is 1. The third-order valence-electron chi connectivity index (χ3n) is 4.18. The van der Waals surface area contributed by atoms with Crippen molar-refractivity contribution in [1.82, 2.24) is 20.3 Å². The van der Waals surface area contributed by atoms with Gasteiger partial charge in [-0.25, -0.2) is 4.98 Å². The van der Waals surface area contributed by atoms with Gasteiger partial charge >= 0.3 is 0 Å². The van der Waals surface area contributed by atoms with Gasteiger partial charge in [-0.15, -0.1) is 0 Å². The van der Waals surface area contributed by atoms with E-state index >= 15 is 0 Å². The predicted octanol–water partition coefficient (Wildman–Crippen LogP) is 2.02. The molecular weight excluding hydrogens is 306 g/mol. The number of rotatable bonds is 3. The van der Waals surface area contributed by atoms with Gasteiger partial charge in [0, 0.05) is 31.5 Å². The van der Waals surface area contributed by atoms with E-state index in [0.717, 1.165) is 37.0 Å². The second kappa shape index (κ2) is 6.27. The highest BCUT2D eigenvalue weighted by atomic mass is 16.4. The number of para-hydroxylation sites is 2. The van der Waals surface area contributed by atoms with Crippen molar-refractivity contribution < 1.29 is 9.21 Å². The van der Waals surface area contributed by atoms with Crippen LogP contribution in [0.1, 0.15) is 23.3 Å². The summed E-state index contributed by atoms with van der Waals surface area (Å²) in [6, 6.07) is 8.51. The van der Waals surface area contributed by atoms with Crippen LogP contribution in [0.3, 0.4) is 0 Å². The molecule has 2 aromatic heterocycles. The van der Waals surface area contributed by atoms with E-state index in [4.69, 9.17) is 4.42 Å². The maximum Gasteiger partial charge on any atom is 0.298 e. The first-order valence-electron chi connectivity index (χ1n) is 7.97. The highest BCUT2D eigenvalue weighted by Crippen LogP contribution is 2.24. The van der Waals surface area contributed by atoms with Crippen LogP contribution in [0.2, 0.25) is 0 Å². The molecule has 4 rings (SSSR count). The number of benzene rings is 1. The lowest BCUT2D eigenvalue weighted by molar-refractivity contribution is 0.0925. The van der Waals surface area contributed by atoms with Crippen LogP contribution >= 0.6 is 0 Å². The number of nitrogens with one attached hydrogen (secondary N) is 1. The Labute approximate surface area is 138 Å².